The normalized spacial score (nSPS) is 11.0. The van der Waals surface area contributed by atoms with Gasteiger partial charge < -0.3 is 19.4 Å². The van der Waals surface area contributed by atoms with E-state index in [-0.39, 0.29) is 11.7 Å². The highest BCUT2D eigenvalue weighted by atomic mass is 19.1. The highest BCUT2D eigenvalue weighted by Gasteiger charge is 2.22. The van der Waals surface area contributed by atoms with E-state index in [1.54, 1.807) is 25.2 Å². The highest BCUT2D eigenvalue weighted by Crippen LogP contribution is 2.25. The summed E-state index contributed by atoms with van der Waals surface area (Å²) in [5, 5.41) is 0.714. The zero-order chi connectivity index (χ0) is 19.4. The van der Waals surface area contributed by atoms with Gasteiger partial charge in [-0.25, -0.2) is 4.39 Å². The molecule has 1 N–H and O–H groups in total. The summed E-state index contributed by atoms with van der Waals surface area (Å²) in [6, 6.07) is 12.4. The lowest BCUT2D eigenvalue weighted by atomic mass is 10.1. The number of para-hydroxylation sites is 1. The molecule has 0 radical (unpaired) electrons. The molecule has 1 aromatic heterocycles. The molecular weight excluding hydrogens is 347 g/mol. The summed E-state index contributed by atoms with van der Waals surface area (Å²) in [7, 11) is 3.20. The van der Waals surface area contributed by atoms with Gasteiger partial charge in [0.25, 0.3) is 5.91 Å². The minimum atomic E-state index is -0.370. The fraction of sp³-hybridized carbons (Fsp3) is 0.286. The van der Waals surface area contributed by atoms with E-state index in [2.05, 4.69) is 4.98 Å². The first-order valence-electron chi connectivity index (χ1n) is 8.73. The molecule has 0 spiro atoms. The summed E-state index contributed by atoms with van der Waals surface area (Å²) in [5.74, 6) is 0.171. The van der Waals surface area contributed by atoms with Crippen LogP contribution in [0.5, 0.6) is 5.75 Å². The quantitative estimate of drug-likeness (QED) is 0.686. The molecule has 0 aliphatic rings. The number of nitrogens with one attached hydrogen (secondary N) is 1. The van der Waals surface area contributed by atoms with Crippen LogP contribution in [0.1, 0.15) is 21.6 Å². The van der Waals surface area contributed by atoms with Gasteiger partial charge in [-0.15, -0.1) is 0 Å². The van der Waals surface area contributed by atoms with Crippen LogP contribution < -0.4 is 4.74 Å². The average molecular weight is 370 g/mol. The molecule has 0 saturated heterocycles. The van der Waals surface area contributed by atoms with Crippen LogP contribution in [-0.4, -0.2) is 43.2 Å². The van der Waals surface area contributed by atoms with E-state index in [0.717, 1.165) is 16.9 Å². The minimum Gasteiger partial charge on any atom is -0.497 e. The summed E-state index contributed by atoms with van der Waals surface area (Å²) < 4.78 is 24.5. The number of carbonyl (C=O) groups excluding carboxylic acids is 1. The number of nitrogens with zero attached hydrogens (tertiary/aromatic N) is 1. The van der Waals surface area contributed by atoms with Gasteiger partial charge in [0.2, 0.25) is 0 Å². The number of methoxy groups -OCH3 is 2. The predicted molar refractivity (Wildman–Crippen MR) is 103 cm³/mol. The molecule has 0 aliphatic carbocycles. The number of rotatable bonds is 7. The van der Waals surface area contributed by atoms with Crippen molar-refractivity contribution in [3.8, 4) is 5.75 Å². The molecule has 142 valence electrons. The number of aromatic amines is 1. The van der Waals surface area contributed by atoms with Crippen molar-refractivity contribution in [3.05, 3.63) is 65.1 Å². The van der Waals surface area contributed by atoms with Crippen molar-refractivity contribution in [2.75, 3.05) is 27.4 Å². The number of amides is 1. The number of aromatic nitrogens is 1. The van der Waals surface area contributed by atoms with Crippen molar-refractivity contribution in [2.45, 2.75) is 13.5 Å². The maximum absolute atomic E-state index is 14.1. The highest BCUT2D eigenvalue weighted by molar-refractivity contribution is 6.01. The summed E-state index contributed by atoms with van der Waals surface area (Å²) in [6.07, 6.45) is 0. The molecule has 3 rings (SSSR count). The van der Waals surface area contributed by atoms with Gasteiger partial charge in [0.05, 0.1) is 19.2 Å². The van der Waals surface area contributed by atoms with Gasteiger partial charge in [0, 0.05) is 25.6 Å². The standard InChI is InChI=1S/C21H23FN2O3/c1-14-17-8-5-9-18(22)20(17)23-19(14)21(25)24(10-11-26-2)13-15-6-4-7-16(12-15)27-3/h4-9,12,23H,10-11,13H2,1-3H3. The third kappa shape index (κ3) is 3.95. The second kappa shape index (κ2) is 8.22. The molecule has 1 heterocycles. The minimum absolute atomic E-state index is 0.192. The Bertz CT molecular complexity index is 952. The van der Waals surface area contributed by atoms with Gasteiger partial charge in [0.1, 0.15) is 17.3 Å². The molecule has 0 unspecified atom stereocenters. The third-order valence-electron chi connectivity index (χ3n) is 4.62. The van der Waals surface area contributed by atoms with Crippen molar-refractivity contribution in [3.63, 3.8) is 0 Å². The predicted octanol–water partition coefficient (Wildman–Crippen LogP) is 3.91. The molecule has 27 heavy (non-hydrogen) atoms. The number of hydrogen-bond donors (Lipinski definition) is 1. The monoisotopic (exact) mass is 370 g/mol. The zero-order valence-electron chi connectivity index (χ0n) is 15.7. The molecular formula is C21H23FN2O3. The largest absolute Gasteiger partial charge is 0.497 e. The van der Waals surface area contributed by atoms with Crippen LogP contribution >= 0.6 is 0 Å². The van der Waals surface area contributed by atoms with Crippen LogP contribution in [0, 0.1) is 12.7 Å². The van der Waals surface area contributed by atoms with E-state index in [1.165, 1.54) is 6.07 Å². The molecule has 0 saturated carbocycles. The number of carbonyl (C=O) groups is 1. The Morgan fingerprint density at radius 1 is 1.19 bits per heavy atom. The first kappa shape index (κ1) is 18.9. The molecule has 2 aromatic carbocycles. The van der Waals surface area contributed by atoms with Crippen LogP contribution in [0.4, 0.5) is 4.39 Å². The number of aryl methyl sites for hydroxylation is 1. The molecule has 0 aliphatic heterocycles. The van der Waals surface area contributed by atoms with Gasteiger partial charge in [0.15, 0.2) is 0 Å². The van der Waals surface area contributed by atoms with Gasteiger partial charge in [-0.3, -0.25) is 4.79 Å². The SMILES string of the molecule is COCCN(Cc1cccc(OC)c1)C(=O)c1[nH]c2c(F)cccc2c1C. The Morgan fingerprint density at radius 3 is 2.67 bits per heavy atom. The van der Waals surface area contributed by atoms with Crippen molar-refractivity contribution < 1.29 is 18.7 Å². The Labute approximate surface area is 157 Å². The third-order valence-corrected chi connectivity index (χ3v) is 4.62. The maximum Gasteiger partial charge on any atom is 0.270 e. The van der Waals surface area contributed by atoms with Gasteiger partial charge >= 0.3 is 0 Å². The van der Waals surface area contributed by atoms with E-state index in [1.807, 2.05) is 37.3 Å². The molecule has 0 bridgehead atoms. The fourth-order valence-electron chi connectivity index (χ4n) is 3.13. The van der Waals surface area contributed by atoms with E-state index in [9.17, 15) is 9.18 Å². The second-order valence-corrected chi connectivity index (χ2v) is 6.36. The fourth-order valence-corrected chi connectivity index (χ4v) is 3.13. The van der Waals surface area contributed by atoms with Crippen molar-refractivity contribution in [1.29, 1.82) is 0 Å². The lowest BCUT2D eigenvalue weighted by Gasteiger charge is -2.22. The van der Waals surface area contributed by atoms with E-state index >= 15 is 0 Å². The lowest BCUT2D eigenvalue weighted by molar-refractivity contribution is 0.0674. The van der Waals surface area contributed by atoms with Crippen molar-refractivity contribution >= 4 is 16.8 Å². The Balaban J connectivity index is 1.93. The molecule has 5 nitrogen and oxygen atoms in total. The summed E-state index contributed by atoms with van der Waals surface area (Å²) in [5.41, 5.74) is 2.43. The Hall–Kier alpha value is -2.86. The van der Waals surface area contributed by atoms with Crippen molar-refractivity contribution in [2.24, 2.45) is 0 Å². The summed E-state index contributed by atoms with van der Waals surface area (Å²) in [6.45, 7) is 3.05. The maximum atomic E-state index is 14.1. The van der Waals surface area contributed by atoms with Gasteiger partial charge in [-0.1, -0.05) is 24.3 Å². The Morgan fingerprint density at radius 2 is 1.96 bits per heavy atom. The number of H-pyrrole nitrogens is 1. The smallest absolute Gasteiger partial charge is 0.270 e. The van der Waals surface area contributed by atoms with Gasteiger partial charge in [-0.05, 0) is 36.2 Å². The Kier molecular flexibility index (Phi) is 5.76. The summed E-state index contributed by atoms with van der Waals surface area (Å²) >= 11 is 0. The number of halogens is 1. The number of ether oxygens (including phenoxy) is 2. The van der Waals surface area contributed by atoms with Crippen LogP contribution in [-0.2, 0) is 11.3 Å². The average Bonchev–Trinajstić information content (AvgIpc) is 3.03. The molecule has 1 amide bonds. The van der Waals surface area contributed by atoms with Gasteiger partial charge in [-0.2, -0.15) is 0 Å². The number of hydrogen-bond acceptors (Lipinski definition) is 3. The van der Waals surface area contributed by atoms with E-state index in [4.69, 9.17) is 9.47 Å². The van der Waals surface area contributed by atoms with Crippen LogP contribution in [0.15, 0.2) is 42.5 Å². The van der Waals surface area contributed by atoms with Crippen LogP contribution in [0.25, 0.3) is 10.9 Å². The van der Waals surface area contributed by atoms with E-state index in [0.29, 0.717) is 36.3 Å². The first-order chi connectivity index (χ1) is 13.0. The lowest BCUT2D eigenvalue weighted by Crippen LogP contribution is -2.34. The van der Waals surface area contributed by atoms with Crippen LogP contribution in [0.2, 0.25) is 0 Å². The number of fused-ring (bicyclic) bond motifs is 1. The molecule has 3 aromatic rings. The first-order valence-corrected chi connectivity index (χ1v) is 8.73. The molecule has 6 heteroatoms. The topological polar surface area (TPSA) is 54.6 Å². The zero-order valence-corrected chi connectivity index (χ0v) is 15.7. The molecule has 0 atom stereocenters. The molecule has 0 fully saturated rings. The van der Waals surface area contributed by atoms with Crippen molar-refractivity contribution in [1.82, 2.24) is 9.88 Å². The number of benzene rings is 2. The summed E-state index contributed by atoms with van der Waals surface area (Å²) in [4.78, 5) is 17.9. The van der Waals surface area contributed by atoms with Crippen LogP contribution in [0.3, 0.4) is 0 Å². The second-order valence-electron chi connectivity index (χ2n) is 6.36. The van der Waals surface area contributed by atoms with E-state index < -0.39 is 0 Å².